The molecule has 1 aromatic carbocycles. The summed E-state index contributed by atoms with van der Waals surface area (Å²) in [5, 5.41) is 5.70. The van der Waals surface area contributed by atoms with Crippen LogP contribution in [0.25, 0.3) is 0 Å². The van der Waals surface area contributed by atoms with Crippen molar-refractivity contribution in [2.75, 3.05) is 5.43 Å². The lowest BCUT2D eigenvalue weighted by molar-refractivity contribution is 0.180. The molecular formula is C11H15Cl2N3O. The predicted octanol–water partition coefficient (Wildman–Crippen LogP) is 3.44. The number of anilines is 1. The van der Waals surface area contributed by atoms with Gasteiger partial charge in [0.2, 0.25) is 0 Å². The van der Waals surface area contributed by atoms with Gasteiger partial charge in [-0.05, 0) is 45.0 Å². The molecular weight excluding hydrogens is 261 g/mol. The minimum atomic E-state index is -0.322. The van der Waals surface area contributed by atoms with Crippen LogP contribution in [-0.4, -0.2) is 16.7 Å². The first-order valence-electron chi connectivity index (χ1n) is 4.84. The summed E-state index contributed by atoms with van der Waals surface area (Å²) >= 11 is 5.77. The summed E-state index contributed by atoms with van der Waals surface area (Å²) in [5.41, 5.74) is 3.47. The number of halogens is 2. The summed E-state index contributed by atoms with van der Waals surface area (Å²) in [7, 11) is 0. The Morgan fingerprint density at radius 2 is 1.82 bits per heavy atom. The molecule has 0 aliphatic heterocycles. The molecule has 0 bridgehead atoms. The lowest BCUT2D eigenvalue weighted by atomic mass is 10.1. The van der Waals surface area contributed by atoms with Crippen molar-refractivity contribution in [1.82, 2.24) is 5.12 Å². The van der Waals surface area contributed by atoms with Gasteiger partial charge in [0.05, 0.1) is 11.2 Å². The minimum Gasteiger partial charge on any atom is -0.281 e. The third-order valence-corrected chi connectivity index (χ3v) is 2.11. The number of carbonyl (C=O) groups excluding carboxylic acids is 1. The Morgan fingerprint density at radius 3 is 2.24 bits per heavy atom. The highest BCUT2D eigenvalue weighted by Gasteiger charge is 2.20. The zero-order valence-corrected chi connectivity index (χ0v) is 11.5. The third-order valence-electron chi connectivity index (χ3n) is 1.86. The molecule has 0 spiro atoms. The molecule has 0 saturated carbocycles. The standard InChI is InChI=1S/C11H14ClN3O.ClH/c1-11(2,3)15(13-8-16)14-10-6-4-9(12)5-7-10;/h4-7,14H,1-3H3;1H. The molecule has 0 heterocycles. The summed E-state index contributed by atoms with van der Waals surface area (Å²) in [6.07, 6.45) is 1.52. The van der Waals surface area contributed by atoms with Crippen LogP contribution in [0.15, 0.2) is 29.4 Å². The molecule has 0 amide bonds. The fraction of sp³-hybridized carbons (Fsp3) is 0.364. The number of isocyanates is 1. The lowest BCUT2D eigenvalue weighted by Gasteiger charge is -2.31. The van der Waals surface area contributed by atoms with Crippen molar-refractivity contribution in [3.63, 3.8) is 0 Å². The topological polar surface area (TPSA) is 44.7 Å². The summed E-state index contributed by atoms with van der Waals surface area (Å²) in [4.78, 5) is 10.3. The maximum Gasteiger partial charge on any atom is 0.259 e. The highest BCUT2D eigenvalue weighted by molar-refractivity contribution is 6.30. The molecule has 0 aromatic heterocycles. The molecule has 1 N–H and O–H groups in total. The molecule has 0 aliphatic rings. The van der Waals surface area contributed by atoms with E-state index in [0.29, 0.717) is 5.02 Å². The van der Waals surface area contributed by atoms with E-state index in [2.05, 4.69) is 10.5 Å². The number of rotatable bonds is 3. The minimum absolute atomic E-state index is 0. The van der Waals surface area contributed by atoms with E-state index in [4.69, 9.17) is 11.6 Å². The predicted molar refractivity (Wildman–Crippen MR) is 72.0 cm³/mol. The van der Waals surface area contributed by atoms with E-state index in [-0.39, 0.29) is 17.9 Å². The molecule has 4 nitrogen and oxygen atoms in total. The van der Waals surface area contributed by atoms with Crippen molar-refractivity contribution in [3.05, 3.63) is 29.3 Å². The molecule has 1 rings (SSSR count). The van der Waals surface area contributed by atoms with E-state index in [1.54, 1.807) is 24.3 Å². The van der Waals surface area contributed by atoms with Crippen LogP contribution < -0.4 is 5.43 Å². The molecule has 0 radical (unpaired) electrons. The second-order valence-electron chi connectivity index (χ2n) is 4.29. The zero-order valence-electron chi connectivity index (χ0n) is 9.90. The van der Waals surface area contributed by atoms with Gasteiger partial charge >= 0.3 is 0 Å². The molecule has 1 aromatic rings. The Labute approximate surface area is 112 Å². The fourth-order valence-corrected chi connectivity index (χ4v) is 1.16. The normalized spacial score (nSPS) is 9.88. The van der Waals surface area contributed by atoms with E-state index in [1.807, 2.05) is 20.8 Å². The zero-order chi connectivity index (χ0) is 12.2. The van der Waals surface area contributed by atoms with Gasteiger partial charge in [-0.1, -0.05) is 16.7 Å². The van der Waals surface area contributed by atoms with E-state index in [9.17, 15) is 4.79 Å². The first-order chi connectivity index (χ1) is 7.43. The number of hydrogen-bond donors (Lipinski definition) is 1. The molecule has 0 atom stereocenters. The first-order valence-corrected chi connectivity index (χ1v) is 5.21. The second kappa shape index (κ2) is 6.50. The van der Waals surface area contributed by atoms with Gasteiger partial charge in [-0.3, -0.25) is 5.43 Å². The van der Waals surface area contributed by atoms with Crippen molar-refractivity contribution < 1.29 is 4.79 Å². The number of nitrogens with one attached hydrogen (secondary N) is 1. The van der Waals surface area contributed by atoms with Crippen LogP contribution in [0.3, 0.4) is 0 Å². The summed E-state index contributed by atoms with van der Waals surface area (Å²) in [5.74, 6) is 0. The molecule has 17 heavy (non-hydrogen) atoms. The summed E-state index contributed by atoms with van der Waals surface area (Å²) in [6, 6.07) is 7.13. The van der Waals surface area contributed by atoms with Crippen molar-refractivity contribution in [1.29, 1.82) is 0 Å². The number of hydrazone groups is 1. The van der Waals surface area contributed by atoms with Gasteiger partial charge in [-0.15, -0.1) is 12.4 Å². The smallest absolute Gasteiger partial charge is 0.259 e. The van der Waals surface area contributed by atoms with Crippen molar-refractivity contribution in [2.45, 2.75) is 26.3 Å². The second-order valence-corrected chi connectivity index (χ2v) is 4.73. The molecule has 0 aliphatic carbocycles. The van der Waals surface area contributed by atoms with E-state index in [0.717, 1.165) is 5.69 Å². The Kier molecular flexibility index (Phi) is 6.03. The van der Waals surface area contributed by atoms with Gasteiger partial charge in [0.1, 0.15) is 0 Å². The van der Waals surface area contributed by atoms with E-state index < -0.39 is 0 Å². The molecule has 0 unspecified atom stereocenters. The quantitative estimate of drug-likeness (QED) is 0.522. The van der Waals surface area contributed by atoms with Crippen LogP contribution in [0.5, 0.6) is 0 Å². The molecule has 94 valence electrons. The van der Waals surface area contributed by atoms with Gasteiger partial charge in [-0.25, -0.2) is 4.79 Å². The Morgan fingerprint density at radius 1 is 1.29 bits per heavy atom. The van der Waals surface area contributed by atoms with Crippen LogP contribution in [0.2, 0.25) is 5.02 Å². The third kappa shape index (κ3) is 5.09. The number of hydrazine groups is 1. The number of nitrogens with zero attached hydrogens (tertiary/aromatic N) is 2. The fourth-order valence-electron chi connectivity index (χ4n) is 1.03. The van der Waals surface area contributed by atoms with E-state index in [1.165, 1.54) is 11.2 Å². The van der Waals surface area contributed by atoms with Crippen LogP contribution in [-0.2, 0) is 4.79 Å². The number of benzene rings is 1. The highest BCUT2D eigenvalue weighted by atomic mass is 35.5. The highest BCUT2D eigenvalue weighted by Crippen LogP contribution is 2.18. The Bertz CT molecular complexity index is 394. The Balaban J connectivity index is 0.00000256. The van der Waals surface area contributed by atoms with Gasteiger partial charge in [0, 0.05) is 5.02 Å². The van der Waals surface area contributed by atoms with Crippen molar-refractivity contribution in [2.24, 2.45) is 5.10 Å². The average molecular weight is 276 g/mol. The largest absolute Gasteiger partial charge is 0.281 e. The SMILES string of the molecule is CC(C)(C)N(N=C=O)Nc1ccc(Cl)cc1.Cl. The van der Waals surface area contributed by atoms with Gasteiger partial charge < -0.3 is 0 Å². The maximum atomic E-state index is 10.3. The molecule has 0 fully saturated rings. The monoisotopic (exact) mass is 275 g/mol. The van der Waals surface area contributed by atoms with E-state index >= 15 is 0 Å². The van der Waals surface area contributed by atoms with Gasteiger partial charge in [0.15, 0.2) is 0 Å². The Hall–Kier alpha value is -1.22. The van der Waals surface area contributed by atoms with Crippen molar-refractivity contribution >= 4 is 35.8 Å². The molecule has 0 saturated heterocycles. The lowest BCUT2D eigenvalue weighted by Crippen LogP contribution is -2.41. The van der Waals surface area contributed by atoms with Gasteiger partial charge in [0.25, 0.3) is 6.08 Å². The van der Waals surface area contributed by atoms with Crippen molar-refractivity contribution in [3.8, 4) is 0 Å². The van der Waals surface area contributed by atoms with Crippen LogP contribution in [0.4, 0.5) is 5.69 Å². The van der Waals surface area contributed by atoms with Crippen LogP contribution in [0.1, 0.15) is 20.8 Å². The summed E-state index contributed by atoms with van der Waals surface area (Å²) < 4.78 is 0. The first kappa shape index (κ1) is 15.8. The summed E-state index contributed by atoms with van der Waals surface area (Å²) in [6.45, 7) is 5.78. The average Bonchev–Trinajstić information content (AvgIpc) is 2.19. The maximum absolute atomic E-state index is 10.3. The van der Waals surface area contributed by atoms with Crippen LogP contribution in [0, 0.1) is 0 Å². The number of hydrogen-bond acceptors (Lipinski definition) is 4. The van der Waals surface area contributed by atoms with Crippen LogP contribution >= 0.6 is 24.0 Å². The van der Waals surface area contributed by atoms with Gasteiger partial charge in [-0.2, -0.15) is 5.12 Å². The molecule has 6 heteroatoms.